The number of nitrogens with zero attached hydrogens (tertiary/aromatic N) is 1. The molecule has 1 unspecified atom stereocenters. The molecule has 2 rings (SSSR count). The van der Waals surface area contributed by atoms with Crippen LogP contribution >= 0.6 is 0 Å². The zero-order valence-corrected chi connectivity index (χ0v) is 12.1. The van der Waals surface area contributed by atoms with E-state index < -0.39 is 42.7 Å². The fourth-order valence-electron chi connectivity index (χ4n) is 1.97. The van der Waals surface area contributed by atoms with Crippen LogP contribution in [0.1, 0.15) is 17.0 Å². The lowest BCUT2D eigenvalue weighted by molar-refractivity contribution is 0.0656. The molecule has 1 aromatic heterocycles. The van der Waals surface area contributed by atoms with Gasteiger partial charge in [0.15, 0.2) is 9.84 Å². The summed E-state index contributed by atoms with van der Waals surface area (Å²) in [6.07, 6.45) is 0.213. The first kappa shape index (κ1) is 15.0. The highest BCUT2D eigenvalue weighted by Crippen LogP contribution is 2.24. The fraction of sp³-hybridized carbons (Fsp3) is 0.500. The van der Waals surface area contributed by atoms with E-state index in [1.165, 1.54) is 7.05 Å². The Hall–Kier alpha value is -1.39. The summed E-state index contributed by atoms with van der Waals surface area (Å²) in [7, 11) is -6.01. The zero-order chi connectivity index (χ0) is 15.1. The lowest BCUT2D eigenvalue weighted by Crippen LogP contribution is -2.37. The molecule has 1 atom stereocenters. The third-order valence-corrected chi connectivity index (χ3v) is 6.68. The van der Waals surface area contributed by atoms with Gasteiger partial charge in [0.2, 0.25) is 10.9 Å². The highest BCUT2D eigenvalue weighted by atomic mass is 32.2. The predicted molar refractivity (Wildman–Crippen MR) is 67.7 cm³/mol. The van der Waals surface area contributed by atoms with E-state index in [4.69, 9.17) is 9.52 Å². The van der Waals surface area contributed by atoms with Gasteiger partial charge in [0.25, 0.3) is 10.0 Å². The fourth-order valence-corrected chi connectivity index (χ4v) is 5.13. The Labute approximate surface area is 116 Å². The summed E-state index contributed by atoms with van der Waals surface area (Å²) in [5.74, 6) is -2.17. The minimum Gasteiger partial charge on any atom is -0.475 e. The second-order valence-corrected chi connectivity index (χ2v) is 8.66. The molecule has 0 aliphatic carbocycles. The van der Waals surface area contributed by atoms with Crippen molar-refractivity contribution in [3.8, 4) is 0 Å². The van der Waals surface area contributed by atoms with Gasteiger partial charge in [-0.25, -0.2) is 21.6 Å². The van der Waals surface area contributed by atoms with Gasteiger partial charge in [0.05, 0.1) is 11.5 Å². The molecule has 20 heavy (non-hydrogen) atoms. The number of rotatable bonds is 4. The summed E-state index contributed by atoms with van der Waals surface area (Å²) in [5, 5.41) is 8.19. The van der Waals surface area contributed by atoms with Crippen LogP contribution in [0.4, 0.5) is 0 Å². The van der Waals surface area contributed by atoms with Crippen molar-refractivity contribution in [3.05, 3.63) is 17.9 Å². The second-order valence-electron chi connectivity index (χ2n) is 4.50. The minimum absolute atomic E-state index is 0.0595. The molecular formula is C10H13NO7S2. The van der Waals surface area contributed by atoms with Gasteiger partial charge >= 0.3 is 5.97 Å². The van der Waals surface area contributed by atoms with Gasteiger partial charge in [0, 0.05) is 13.1 Å². The molecule has 8 nitrogen and oxygen atoms in total. The van der Waals surface area contributed by atoms with Crippen LogP contribution in [0, 0.1) is 0 Å². The van der Waals surface area contributed by atoms with Gasteiger partial charge in [-0.15, -0.1) is 0 Å². The molecule has 112 valence electrons. The summed E-state index contributed by atoms with van der Waals surface area (Å²) in [6, 6.07) is 1.41. The molecule has 1 aromatic rings. The van der Waals surface area contributed by atoms with E-state index in [-0.39, 0.29) is 17.9 Å². The number of furan rings is 1. The molecule has 0 radical (unpaired) electrons. The van der Waals surface area contributed by atoms with Crippen molar-refractivity contribution >= 4 is 25.8 Å². The van der Waals surface area contributed by atoms with Crippen molar-refractivity contribution < 1.29 is 31.2 Å². The molecule has 1 aliphatic rings. The van der Waals surface area contributed by atoms with Crippen molar-refractivity contribution in [2.45, 2.75) is 17.6 Å². The van der Waals surface area contributed by atoms with Gasteiger partial charge in [-0.1, -0.05) is 0 Å². The summed E-state index contributed by atoms with van der Waals surface area (Å²) < 4.78 is 52.9. The van der Waals surface area contributed by atoms with E-state index in [0.29, 0.717) is 0 Å². The highest BCUT2D eigenvalue weighted by molar-refractivity contribution is 7.92. The number of hydrogen-bond acceptors (Lipinski definition) is 6. The minimum atomic E-state index is -4.05. The Bertz CT molecular complexity index is 731. The van der Waals surface area contributed by atoms with Crippen LogP contribution in [0.2, 0.25) is 0 Å². The van der Waals surface area contributed by atoms with E-state index in [1.807, 2.05) is 0 Å². The van der Waals surface area contributed by atoms with Crippen LogP contribution in [0.3, 0.4) is 0 Å². The second kappa shape index (κ2) is 4.86. The standard InChI is InChI=1S/C10H13NO7S2/c1-11(7-4-5-19(14,15)6-7)20(16,17)9-3-2-8(18-9)10(12)13/h2-3,7H,4-6H2,1H3,(H,12,13). The summed E-state index contributed by atoms with van der Waals surface area (Å²) in [5.41, 5.74) is 0. The highest BCUT2D eigenvalue weighted by Gasteiger charge is 2.37. The number of sulfonamides is 1. The normalized spacial score (nSPS) is 22.2. The van der Waals surface area contributed by atoms with E-state index in [0.717, 1.165) is 16.4 Å². The van der Waals surface area contributed by atoms with Crippen molar-refractivity contribution in [1.29, 1.82) is 0 Å². The first-order valence-corrected chi connectivity index (χ1v) is 8.91. The molecule has 1 aliphatic heterocycles. The van der Waals surface area contributed by atoms with Gasteiger partial charge in [0.1, 0.15) is 0 Å². The summed E-state index contributed by atoms with van der Waals surface area (Å²) in [4.78, 5) is 10.7. The van der Waals surface area contributed by atoms with Crippen LogP contribution in [-0.2, 0) is 19.9 Å². The Kier molecular flexibility index (Phi) is 3.65. The largest absolute Gasteiger partial charge is 0.475 e. The van der Waals surface area contributed by atoms with Crippen LogP contribution < -0.4 is 0 Å². The van der Waals surface area contributed by atoms with Crippen LogP contribution in [0.25, 0.3) is 0 Å². The third kappa shape index (κ3) is 2.72. The summed E-state index contributed by atoms with van der Waals surface area (Å²) >= 11 is 0. The quantitative estimate of drug-likeness (QED) is 0.813. The zero-order valence-electron chi connectivity index (χ0n) is 10.5. The Balaban J connectivity index is 2.28. The Morgan fingerprint density at radius 2 is 2.10 bits per heavy atom. The molecule has 1 N–H and O–H groups in total. The first-order valence-electron chi connectivity index (χ1n) is 5.65. The van der Waals surface area contributed by atoms with E-state index in [1.54, 1.807) is 0 Å². The van der Waals surface area contributed by atoms with Crippen molar-refractivity contribution in [3.63, 3.8) is 0 Å². The predicted octanol–water partition coefficient (Wildman–Crippen LogP) is -0.215. The Morgan fingerprint density at radius 3 is 2.55 bits per heavy atom. The smallest absolute Gasteiger partial charge is 0.371 e. The lowest BCUT2D eigenvalue weighted by Gasteiger charge is -2.21. The van der Waals surface area contributed by atoms with E-state index >= 15 is 0 Å². The summed E-state index contributed by atoms with van der Waals surface area (Å²) in [6.45, 7) is 0. The van der Waals surface area contributed by atoms with E-state index in [2.05, 4.69) is 0 Å². The third-order valence-electron chi connectivity index (χ3n) is 3.15. The molecule has 0 saturated carbocycles. The average molecular weight is 323 g/mol. The topological polar surface area (TPSA) is 122 Å². The maximum Gasteiger partial charge on any atom is 0.371 e. The molecular weight excluding hydrogens is 310 g/mol. The average Bonchev–Trinajstić information content (AvgIpc) is 2.94. The number of carboxylic acids is 1. The lowest BCUT2D eigenvalue weighted by atomic mass is 10.3. The van der Waals surface area contributed by atoms with Gasteiger partial charge < -0.3 is 9.52 Å². The Morgan fingerprint density at radius 1 is 1.45 bits per heavy atom. The van der Waals surface area contributed by atoms with Crippen LogP contribution in [0.5, 0.6) is 0 Å². The van der Waals surface area contributed by atoms with E-state index in [9.17, 15) is 21.6 Å². The number of aromatic carboxylic acids is 1. The molecule has 1 fully saturated rings. The van der Waals surface area contributed by atoms with Crippen molar-refractivity contribution in [1.82, 2.24) is 4.31 Å². The molecule has 2 heterocycles. The molecule has 0 bridgehead atoms. The van der Waals surface area contributed by atoms with Crippen molar-refractivity contribution in [2.24, 2.45) is 0 Å². The maximum atomic E-state index is 12.2. The van der Waals surface area contributed by atoms with Gasteiger partial charge in [-0.2, -0.15) is 4.31 Å². The first-order chi connectivity index (χ1) is 9.13. The van der Waals surface area contributed by atoms with Gasteiger partial charge in [-0.3, -0.25) is 0 Å². The number of carboxylic acid groups (broad SMARTS) is 1. The number of carbonyl (C=O) groups is 1. The molecule has 10 heteroatoms. The van der Waals surface area contributed by atoms with Gasteiger partial charge in [-0.05, 0) is 18.6 Å². The molecule has 1 saturated heterocycles. The molecule has 0 amide bonds. The van der Waals surface area contributed by atoms with Crippen LogP contribution in [-0.4, -0.2) is 56.8 Å². The van der Waals surface area contributed by atoms with Crippen molar-refractivity contribution in [2.75, 3.05) is 18.6 Å². The monoisotopic (exact) mass is 323 g/mol. The SMILES string of the molecule is CN(C1CCS(=O)(=O)C1)S(=O)(=O)c1ccc(C(=O)O)o1. The van der Waals surface area contributed by atoms with Crippen LogP contribution in [0.15, 0.2) is 21.6 Å². The maximum absolute atomic E-state index is 12.2. The molecule has 0 aromatic carbocycles. The number of sulfone groups is 1. The molecule has 0 spiro atoms. The number of hydrogen-bond donors (Lipinski definition) is 1.